The summed E-state index contributed by atoms with van der Waals surface area (Å²) < 4.78 is 14.0. The molecule has 1 N–H and O–H groups in total. The molecule has 0 radical (unpaired) electrons. The van der Waals surface area contributed by atoms with Crippen molar-refractivity contribution in [1.29, 1.82) is 0 Å². The van der Waals surface area contributed by atoms with Crippen molar-refractivity contribution in [3.63, 3.8) is 0 Å². The Balaban J connectivity index is 1.85. The van der Waals surface area contributed by atoms with Crippen LogP contribution in [-0.2, 0) is 0 Å². The van der Waals surface area contributed by atoms with Gasteiger partial charge in [0.1, 0.15) is 16.7 Å². The van der Waals surface area contributed by atoms with Crippen LogP contribution in [-0.4, -0.2) is 15.9 Å². The van der Waals surface area contributed by atoms with Crippen LogP contribution in [0.3, 0.4) is 0 Å². The molecule has 1 amide bonds. The molecule has 3 aromatic rings. The zero-order chi connectivity index (χ0) is 17.6. The first kappa shape index (κ1) is 16.6. The minimum atomic E-state index is -0.632. The van der Waals surface area contributed by atoms with Crippen molar-refractivity contribution in [3.05, 3.63) is 88.7 Å². The number of anilines is 1. The zero-order valence-corrected chi connectivity index (χ0v) is 13.6. The molecule has 0 aliphatic rings. The number of pyridine rings is 2. The topological polar surface area (TPSA) is 54.9 Å². The largest absolute Gasteiger partial charge is 0.320 e. The van der Waals surface area contributed by atoms with Crippen LogP contribution in [0.25, 0.3) is 0 Å². The highest BCUT2D eigenvalue weighted by atomic mass is 35.5. The highest BCUT2D eigenvalue weighted by Crippen LogP contribution is 2.13. The molecular formula is C19H11ClFN3O. The third kappa shape index (κ3) is 4.40. The second kappa shape index (κ2) is 7.56. The maximum Gasteiger partial charge on any atom is 0.258 e. The predicted octanol–water partition coefficient (Wildman–Crippen LogP) is 3.92. The van der Waals surface area contributed by atoms with Crippen molar-refractivity contribution in [3.8, 4) is 11.8 Å². The average Bonchev–Trinajstić information content (AvgIpc) is 2.62. The van der Waals surface area contributed by atoms with Gasteiger partial charge in [-0.05, 0) is 48.4 Å². The molecule has 2 heterocycles. The van der Waals surface area contributed by atoms with Gasteiger partial charge in [-0.15, -0.1) is 0 Å². The van der Waals surface area contributed by atoms with Gasteiger partial charge in [0.15, 0.2) is 0 Å². The van der Waals surface area contributed by atoms with E-state index in [0.717, 1.165) is 0 Å². The lowest BCUT2D eigenvalue weighted by Gasteiger charge is -2.06. The summed E-state index contributed by atoms with van der Waals surface area (Å²) in [5.74, 6) is 4.47. The van der Waals surface area contributed by atoms with Crippen LogP contribution in [0.4, 0.5) is 10.1 Å². The molecule has 0 bridgehead atoms. The maximum absolute atomic E-state index is 14.0. The van der Waals surface area contributed by atoms with Gasteiger partial charge in [-0.2, -0.15) is 0 Å². The summed E-state index contributed by atoms with van der Waals surface area (Å²) >= 11 is 5.80. The van der Waals surface area contributed by atoms with Gasteiger partial charge in [-0.1, -0.05) is 23.6 Å². The summed E-state index contributed by atoms with van der Waals surface area (Å²) in [5, 5.41) is 2.92. The second-order valence-corrected chi connectivity index (χ2v) is 5.37. The molecule has 0 fully saturated rings. The third-order valence-electron chi connectivity index (χ3n) is 3.18. The van der Waals surface area contributed by atoms with E-state index in [2.05, 4.69) is 27.1 Å². The van der Waals surface area contributed by atoms with E-state index in [1.165, 1.54) is 24.4 Å². The fraction of sp³-hybridized carbons (Fsp3) is 0. The quantitative estimate of drug-likeness (QED) is 0.562. The van der Waals surface area contributed by atoms with E-state index >= 15 is 0 Å². The molecule has 122 valence electrons. The predicted molar refractivity (Wildman–Crippen MR) is 93.8 cm³/mol. The summed E-state index contributed by atoms with van der Waals surface area (Å²) in [6.45, 7) is 0. The van der Waals surface area contributed by atoms with E-state index in [1.807, 2.05) is 0 Å². The lowest BCUT2D eigenvalue weighted by molar-refractivity contribution is 0.102. The van der Waals surface area contributed by atoms with Gasteiger partial charge >= 0.3 is 0 Å². The molecule has 1 aromatic carbocycles. The first-order chi connectivity index (χ1) is 12.1. The Morgan fingerprint density at radius 1 is 1.12 bits per heavy atom. The van der Waals surface area contributed by atoms with Gasteiger partial charge in [-0.3, -0.25) is 9.78 Å². The zero-order valence-electron chi connectivity index (χ0n) is 12.8. The Hall–Kier alpha value is -3.23. The molecule has 0 spiro atoms. The minimum Gasteiger partial charge on any atom is -0.320 e. The van der Waals surface area contributed by atoms with E-state index in [0.29, 0.717) is 22.1 Å². The molecule has 4 nitrogen and oxygen atoms in total. The number of hydrogen-bond acceptors (Lipinski definition) is 3. The van der Waals surface area contributed by atoms with Crippen molar-refractivity contribution in [2.75, 3.05) is 5.32 Å². The average molecular weight is 352 g/mol. The number of aromatic nitrogens is 2. The number of halogens is 2. The van der Waals surface area contributed by atoms with Crippen molar-refractivity contribution in [2.45, 2.75) is 0 Å². The molecule has 0 aliphatic heterocycles. The fourth-order valence-electron chi connectivity index (χ4n) is 2.03. The van der Waals surface area contributed by atoms with E-state index in [4.69, 9.17) is 11.6 Å². The summed E-state index contributed by atoms with van der Waals surface area (Å²) in [6.07, 6.45) is 3.06. The highest BCUT2D eigenvalue weighted by Gasteiger charge is 2.12. The third-order valence-corrected chi connectivity index (χ3v) is 3.39. The summed E-state index contributed by atoms with van der Waals surface area (Å²) in [6, 6.07) is 12.5. The fourth-order valence-corrected chi connectivity index (χ4v) is 2.19. The summed E-state index contributed by atoms with van der Waals surface area (Å²) in [5.41, 5.74) is 1.35. The molecule has 0 atom stereocenters. The molecule has 3 rings (SSSR count). The highest BCUT2D eigenvalue weighted by molar-refractivity contribution is 6.29. The number of nitrogens with zero attached hydrogens (tertiary/aromatic N) is 2. The normalized spacial score (nSPS) is 9.84. The van der Waals surface area contributed by atoms with Crippen molar-refractivity contribution < 1.29 is 9.18 Å². The van der Waals surface area contributed by atoms with Crippen LogP contribution in [0.15, 0.2) is 60.9 Å². The Bertz CT molecular complexity index is 981. The van der Waals surface area contributed by atoms with Gasteiger partial charge in [0.2, 0.25) is 0 Å². The van der Waals surface area contributed by atoms with Crippen LogP contribution < -0.4 is 5.32 Å². The molecule has 0 saturated heterocycles. The van der Waals surface area contributed by atoms with Gasteiger partial charge < -0.3 is 5.32 Å². The SMILES string of the molecule is O=C(Nc1cccnc1)c1cc(C#Cc2cccc(Cl)n2)ccc1F. The Kier molecular flexibility index (Phi) is 5.03. The van der Waals surface area contributed by atoms with Gasteiger partial charge in [0.05, 0.1) is 17.4 Å². The second-order valence-electron chi connectivity index (χ2n) is 4.99. The Labute approximate surface area is 148 Å². The number of benzene rings is 1. The van der Waals surface area contributed by atoms with E-state index in [1.54, 1.807) is 36.5 Å². The molecular weight excluding hydrogens is 341 g/mol. The summed E-state index contributed by atoms with van der Waals surface area (Å²) in [4.78, 5) is 20.2. The van der Waals surface area contributed by atoms with Gasteiger partial charge in [0.25, 0.3) is 5.91 Å². The van der Waals surface area contributed by atoms with E-state index < -0.39 is 11.7 Å². The standard InChI is InChI=1S/C19H11ClFN3O/c20-18-5-1-3-14(23-18)8-6-13-7-9-17(21)16(11-13)19(25)24-15-4-2-10-22-12-15/h1-5,7,9-12H,(H,24,25). The van der Waals surface area contributed by atoms with Crippen LogP contribution >= 0.6 is 11.6 Å². The number of hydrogen-bond donors (Lipinski definition) is 1. The lowest BCUT2D eigenvalue weighted by Crippen LogP contribution is -2.14. The van der Waals surface area contributed by atoms with E-state index in [9.17, 15) is 9.18 Å². The first-order valence-electron chi connectivity index (χ1n) is 7.27. The van der Waals surface area contributed by atoms with Crippen LogP contribution in [0, 0.1) is 17.7 Å². The number of nitrogens with one attached hydrogen (secondary N) is 1. The number of amides is 1. The van der Waals surface area contributed by atoms with Gasteiger partial charge in [-0.25, -0.2) is 9.37 Å². The molecule has 2 aromatic heterocycles. The van der Waals surface area contributed by atoms with Crippen molar-refractivity contribution >= 4 is 23.2 Å². The smallest absolute Gasteiger partial charge is 0.258 e. The van der Waals surface area contributed by atoms with E-state index in [-0.39, 0.29) is 5.56 Å². The Morgan fingerprint density at radius 3 is 2.76 bits per heavy atom. The number of rotatable bonds is 2. The molecule has 0 saturated carbocycles. The monoisotopic (exact) mass is 351 g/mol. The molecule has 0 unspecified atom stereocenters. The van der Waals surface area contributed by atoms with Crippen molar-refractivity contribution in [1.82, 2.24) is 9.97 Å². The maximum atomic E-state index is 14.0. The lowest BCUT2D eigenvalue weighted by atomic mass is 10.1. The molecule has 0 aliphatic carbocycles. The molecule has 6 heteroatoms. The number of carbonyl (C=O) groups is 1. The first-order valence-corrected chi connectivity index (χ1v) is 7.65. The van der Waals surface area contributed by atoms with Crippen molar-refractivity contribution in [2.24, 2.45) is 0 Å². The van der Waals surface area contributed by atoms with Crippen LogP contribution in [0.2, 0.25) is 5.15 Å². The van der Waals surface area contributed by atoms with Gasteiger partial charge in [0, 0.05) is 11.8 Å². The minimum absolute atomic E-state index is 0.102. The summed E-state index contributed by atoms with van der Waals surface area (Å²) in [7, 11) is 0. The number of carbonyl (C=O) groups excluding carboxylic acids is 1. The Morgan fingerprint density at radius 2 is 2.00 bits per heavy atom. The van der Waals surface area contributed by atoms with Crippen LogP contribution in [0.1, 0.15) is 21.6 Å². The van der Waals surface area contributed by atoms with Crippen LogP contribution in [0.5, 0.6) is 0 Å². The molecule has 25 heavy (non-hydrogen) atoms.